The highest BCUT2D eigenvalue weighted by atomic mass is 32.2. The van der Waals surface area contributed by atoms with Gasteiger partial charge in [-0.1, -0.05) is 0 Å². The summed E-state index contributed by atoms with van der Waals surface area (Å²) in [6, 6.07) is 4.88. The minimum atomic E-state index is -3.10. The molecule has 0 spiro atoms. The van der Waals surface area contributed by atoms with E-state index in [1.165, 1.54) is 11.9 Å². The van der Waals surface area contributed by atoms with Gasteiger partial charge < -0.3 is 9.30 Å². The number of nitrogens with zero attached hydrogens (tertiary/aromatic N) is 2. The predicted octanol–water partition coefficient (Wildman–Crippen LogP) is 1.04. The number of sulfonamides is 1. The lowest BCUT2D eigenvalue weighted by molar-refractivity contribution is 0.0260. The average molecular weight is 341 g/mol. The standard InChI is InChI=1S/C16H27N3O3S/c1-23(20,21)17-7-4-14-11-18-8-2-3-16(18)13-19(12-14)15-5-9-22-10-6-15/h2-3,8,14-15,17H,4-7,9-13H2,1H3/t14-/m1/s1. The minimum absolute atomic E-state index is 0.459. The van der Waals surface area contributed by atoms with Crippen molar-refractivity contribution in [2.24, 2.45) is 5.92 Å². The second kappa shape index (κ2) is 7.34. The third kappa shape index (κ3) is 4.79. The van der Waals surface area contributed by atoms with E-state index in [1.54, 1.807) is 0 Å². The van der Waals surface area contributed by atoms with Gasteiger partial charge in [-0.25, -0.2) is 13.1 Å². The molecule has 1 saturated heterocycles. The number of ether oxygens (including phenoxy) is 1. The van der Waals surface area contributed by atoms with Gasteiger partial charge >= 0.3 is 0 Å². The Morgan fingerprint density at radius 1 is 1.30 bits per heavy atom. The first-order valence-electron chi connectivity index (χ1n) is 8.42. The lowest BCUT2D eigenvalue weighted by Crippen LogP contribution is -2.41. The molecule has 1 aromatic heterocycles. The summed E-state index contributed by atoms with van der Waals surface area (Å²) in [4.78, 5) is 2.58. The fourth-order valence-corrected chi connectivity index (χ4v) is 4.16. The molecule has 0 bridgehead atoms. The molecule has 7 heteroatoms. The molecule has 130 valence electrons. The van der Waals surface area contributed by atoms with Gasteiger partial charge in [0.1, 0.15) is 0 Å². The second-order valence-electron chi connectivity index (χ2n) is 6.75. The van der Waals surface area contributed by atoms with Crippen molar-refractivity contribution in [1.29, 1.82) is 0 Å². The van der Waals surface area contributed by atoms with Crippen LogP contribution in [0.2, 0.25) is 0 Å². The molecule has 0 amide bonds. The summed E-state index contributed by atoms with van der Waals surface area (Å²) in [6.07, 6.45) is 6.41. The Bertz CT molecular complexity index is 608. The van der Waals surface area contributed by atoms with Gasteiger partial charge in [0.2, 0.25) is 10.0 Å². The number of hydrogen-bond donors (Lipinski definition) is 1. The van der Waals surface area contributed by atoms with E-state index in [-0.39, 0.29) is 0 Å². The topological polar surface area (TPSA) is 63.6 Å². The van der Waals surface area contributed by atoms with Crippen LogP contribution >= 0.6 is 0 Å². The second-order valence-corrected chi connectivity index (χ2v) is 8.58. The molecule has 0 radical (unpaired) electrons. The number of nitrogens with one attached hydrogen (secondary N) is 1. The molecule has 2 aliphatic rings. The van der Waals surface area contributed by atoms with E-state index < -0.39 is 10.0 Å². The number of fused-ring (bicyclic) bond motifs is 1. The molecule has 0 saturated carbocycles. The van der Waals surface area contributed by atoms with Crippen molar-refractivity contribution in [3.8, 4) is 0 Å². The molecular weight excluding hydrogens is 314 g/mol. The smallest absolute Gasteiger partial charge is 0.208 e. The van der Waals surface area contributed by atoms with Gasteiger partial charge in [0.05, 0.1) is 6.26 Å². The molecule has 0 unspecified atom stereocenters. The molecule has 3 heterocycles. The van der Waals surface area contributed by atoms with Gasteiger partial charge in [-0.15, -0.1) is 0 Å². The summed E-state index contributed by atoms with van der Waals surface area (Å²) in [7, 11) is -3.10. The van der Waals surface area contributed by atoms with Crippen molar-refractivity contribution in [1.82, 2.24) is 14.2 Å². The normalized spacial score (nSPS) is 24.3. The first kappa shape index (κ1) is 17.0. The fraction of sp³-hybridized carbons (Fsp3) is 0.750. The largest absolute Gasteiger partial charge is 0.381 e. The number of rotatable bonds is 5. The van der Waals surface area contributed by atoms with Gasteiger partial charge in [-0.05, 0) is 37.3 Å². The molecule has 1 N–H and O–H groups in total. The summed E-state index contributed by atoms with van der Waals surface area (Å²) in [5, 5.41) is 0. The quantitative estimate of drug-likeness (QED) is 0.869. The maximum Gasteiger partial charge on any atom is 0.208 e. The molecule has 3 rings (SSSR count). The van der Waals surface area contributed by atoms with E-state index in [4.69, 9.17) is 4.74 Å². The van der Waals surface area contributed by atoms with Crippen molar-refractivity contribution in [3.63, 3.8) is 0 Å². The van der Waals surface area contributed by atoms with Crippen molar-refractivity contribution in [2.75, 3.05) is 32.6 Å². The average Bonchev–Trinajstić information content (AvgIpc) is 2.85. The van der Waals surface area contributed by atoms with Crippen molar-refractivity contribution in [3.05, 3.63) is 24.0 Å². The SMILES string of the molecule is CS(=O)(=O)NCC[C@H]1CN(C2CCOCC2)Cc2cccn2C1. The Balaban J connectivity index is 1.67. The first-order chi connectivity index (χ1) is 11.0. The van der Waals surface area contributed by atoms with E-state index in [0.29, 0.717) is 18.5 Å². The molecular formula is C16H27N3O3S. The molecule has 0 aromatic carbocycles. The zero-order valence-corrected chi connectivity index (χ0v) is 14.6. The maximum absolute atomic E-state index is 11.3. The Hall–Kier alpha value is -0.890. The van der Waals surface area contributed by atoms with E-state index >= 15 is 0 Å². The molecule has 1 aromatic rings. The van der Waals surface area contributed by atoms with E-state index in [0.717, 1.165) is 52.1 Å². The Morgan fingerprint density at radius 2 is 2.09 bits per heavy atom. The van der Waals surface area contributed by atoms with Crippen molar-refractivity contribution < 1.29 is 13.2 Å². The summed E-state index contributed by atoms with van der Waals surface area (Å²) >= 11 is 0. The molecule has 23 heavy (non-hydrogen) atoms. The molecule has 2 aliphatic heterocycles. The van der Waals surface area contributed by atoms with Crippen LogP contribution in [0.3, 0.4) is 0 Å². The van der Waals surface area contributed by atoms with Crippen LogP contribution in [0.4, 0.5) is 0 Å². The van der Waals surface area contributed by atoms with Crippen molar-refractivity contribution >= 4 is 10.0 Å². The van der Waals surface area contributed by atoms with E-state index in [9.17, 15) is 8.42 Å². The molecule has 6 nitrogen and oxygen atoms in total. The Kier molecular flexibility index (Phi) is 5.41. The van der Waals surface area contributed by atoms with Crippen LogP contribution in [0.1, 0.15) is 25.0 Å². The highest BCUT2D eigenvalue weighted by Crippen LogP contribution is 2.24. The Labute approximate surface area is 138 Å². The van der Waals surface area contributed by atoms with Crippen LogP contribution in [-0.2, 0) is 27.8 Å². The summed E-state index contributed by atoms with van der Waals surface area (Å²) in [5.41, 5.74) is 1.36. The van der Waals surface area contributed by atoms with Crippen LogP contribution in [0.25, 0.3) is 0 Å². The lowest BCUT2D eigenvalue weighted by atomic mass is 10.0. The van der Waals surface area contributed by atoms with Gasteiger partial charge in [0, 0.05) is 57.3 Å². The third-order valence-electron chi connectivity index (χ3n) is 4.86. The third-order valence-corrected chi connectivity index (χ3v) is 5.59. The van der Waals surface area contributed by atoms with E-state index in [1.807, 2.05) is 0 Å². The number of hydrogen-bond acceptors (Lipinski definition) is 4. The highest BCUT2D eigenvalue weighted by molar-refractivity contribution is 7.88. The minimum Gasteiger partial charge on any atom is -0.381 e. The predicted molar refractivity (Wildman–Crippen MR) is 89.6 cm³/mol. The summed E-state index contributed by atoms with van der Waals surface area (Å²) in [5.74, 6) is 0.459. The van der Waals surface area contributed by atoms with Crippen LogP contribution < -0.4 is 4.72 Å². The Morgan fingerprint density at radius 3 is 2.83 bits per heavy atom. The number of aromatic nitrogens is 1. The van der Waals surface area contributed by atoms with Gasteiger partial charge in [-0.2, -0.15) is 0 Å². The zero-order valence-electron chi connectivity index (χ0n) is 13.8. The monoisotopic (exact) mass is 341 g/mol. The van der Waals surface area contributed by atoms with Gasteiger partial charge in [0.15, 0.2) is 0 Å². The van der Waals surface area contributed by atoms with Gasteiger partial charge in [-0.3, -0.25) is 4.90 Å². The lowest BCUT2D eigenvalue weighted by Gasteiger charge is -2.34. The first-order valence-corrected chi connectivity index (χ1v) is 10.3. The molecule has 1 atom stereocenters. The van der Waals surface area contributed by atoms with Crippen LogP contribution in [0.5, 0.6) is 0 Å². The van der Waals surface area contributed by atoms with Gasteiger partial charge in [0.25, 0.3) is 0 Å². The summed E-state index contributed by atoms with van der Waals surface area (Å²) in [6.45, 7) is 5.19. The van der Waals surface area contributed by atoms with Crippen LogP contribution in [0, 0.1) is 5.92 Å². The summed E-state index contributed by atoms with van der Waals surface area (Å²) < 4.78 is 33.0. The van der Waals surface area contributed by atoms with Crippen LogP contribution in [-0.4, -0.2) is 56.5 Å². The van der Waals surface area contributed by atoms with E-state index in [2.05, 4.69) is 32.5 Å². The van der Waals surface area contributed by atoms with Crippen molar-refractivity contribution in [2.45, 2.75) is 38.4 Å². The van der Waals surface area contributed by atoms with Crippen LogP contribution in [0.15, 0.2) is 18.3 Å². The fourth-order valence-electron chi connectivity index (χ4n) is 3.67. The maximum atomic E-state index is 11.3. The molecule has 1 fully saturated rings. The zero-order chi connectivity index (χ0) is 16.3. The highest BCUT2D eigenvalue weighted by Gasteiger charge is 2.27. The molecule has 0 aliphatic carbocycles.